The Bertz CT molecular complexity index is 529. The molecule has 4 heteroatoms. The maximum absolute atomic E-state index is 13.4. The normalized spacial score (nSPS) is 20.2. The molecule has 124 valence electrons. The number of hydrogen-bond acceptors (Lipinski definition) is 1. The van der Waals surface area contributed by atoms with Crippen molar-refractivity contribution in [3.63, 3.8) is 0 Å². The molecule has 1 amide bonds. The summed E-state index contributed by atoms with van der Waals surface area (Å²) in [7, 11) is -1.51. The molecule has 1 unspecified atom stereocenters. The molecule has 0 aromatic heterocycles. The van der Waals surface area contributed by atoms with Crippen molar-refractivity contribution in [1.82, 2.24) is 0 Å². The Morgan fingerprint density at radius 3 is 2.27 bits per heavy atom. The summed E-state index contributed by atoms with van der Waals surface area (Å²) in [6.45, 7) is 8.23. The standard InChI is InChI=1S/C18H29FNOP/c1-5-16(22(4)9-7-6-8-10-22)18(21)20-17-13(2)11-15(19)12-14(17)3/h11-12,16,22H,5-10H2,1-4H3,(H,20,21). The molecule has 1 atom stereocenters. The number of hydrogen-bond donors (Lipinski definition) is 1. The number of carbonyl (C=O) groups is 1. The molecular formula is C18H29FNOP. The van der Waals surface area contributed by atoms with E-state index in [0.29, 0.717) is 0 Å². The van der Waals surface area contributed by atoms with Crippen LogP contribution in [0.1, 0.15) is 43.7 Å². The van der Waals surface area contributed by atoms with E-state index in [1.54, 1.807) is 0 Å². The number of rotatable bonds is 4. The second kappa shape index (κ2) is 7.08. The number of amides is 1. The van der Waals surface area contributed by atoms with Crippen LogP contribution in [0.15, 0.2) is 12.1 Å². The number of carbonyl (C=O) groups excluding carboxylic acids is 1. The van der Waals surface area contributed by atoms with Crippen LogP contribution in [-0.2, 0) is 4.79 Å². The first kappa shape index (κ1) is 17.4. The fourth-order valence-corrected chi connectivity index (χ4v) is 8.77. The quantitative estimate of drug-likeness (QED) is 0.797. The van der Waals surface area contributed by atoms with Crippen molar-refractivity contribution < 1.29 is 9.18 Å². The van der Waals surface area contributed by atoms with Gasteiger partial charge < -0.3 is 0 Å². The predicted octanol–water partition coefficient (Wildman–Crippen LogP) is 4.72. The van der Waals surface area contributed by atoms with Crippen LogP contribution in [0, 0.1) is 19.7 Å². The van der Waals surface area contributed by atoms with Gasteiger partial charge in [0.1, 0.15) is 0 Å². The number of aryl methyl sites for hydroxylation is 2. The van der Waals surface area contributed by atoms with Gasteiger partial charge in [0, 0.05) is 0 Å². The average molecular weight is 325 g/mol. The number of nitrogens with one attached hydrogen (secondary N) is 1. The summed E-state index contributed by atoms with van der Waals surface area (Å²) < 4.78 is 13.4. The van der Waals surface area contributed by atoms with E-state index in [1.807, 2.05) is 13.8 Å². The van der Waals surface area contributed by atoms with Crippen LogP contribution in [0.4, 0.5) is 10.1 Å². The van der Waals surface area contributed by atoms with Crippen LogP contribution in [0.2, 0.25) is 0 Å². The van der Waals surface area contributed by atoms with E-state index in [1.165, 1.54) is 43.7 Å². The van der Waals surface area contributed by atoms with Gasteiger partial charge >= 0.3 is 134 Å². The zero-order valence-electron chi connectivity index (χ0n) is 14.3. The van der Waals surface area contributed by atoms with Gasteiger partial charge in [-0.15, -0.1) is 0 Å². The van der Waals surface area contributed by atoms with Crippen molar-refractivity contribution in [2.45, 2.75) is 52.1 Å². The molecule has 1 aliphatic heterocycles. The van der Waals surface area contributed by atoms with E-state index in [-0.39, 0.29) is 17.4 Å². The third-order valence-corrected chi connectivity index (χ3v) is 10.7. The molecule has 2 nitrogen and oxygen atoms in total. The van der Waals surface area contributed by atoms with Crippen molar-refractivity contribution in [3.8, 4) is 0 Å². The molecule has 0 aliphatic carbocycles. The summed E-state index contributed by atoms with van der Waals surface area (Å²) in [4.78, 5) is 12.9. The minimum absolute atomic E-state index is 0.149. The number of halogens is 1. The van der Waals surface area contributed by atoms with Crippen molar-refractivity contribution in [3.05, 3.63) is 29.1 Å². The molecule has 1 aliphatic rings. The Hall–Kier alpha value is -0.950. The first-order chi connectivity index (χ1) is 10.4. The maximum atomic E-state index is 13.4. The molecule has 0 spiro atoms. The van der Waals surface area contributed by atoms with Crippen molar-refractivity contribution in [2.24, 2.45) is 0 Å². The molecule has 22 heavy (non-hydrogen) atoms. The Kier molecular flexibility index (Phi) is 5.60. The van der Waals surface area contributed by atoms with Crippen LogP contribution in [0.5, 0.6) is 0 Å². The molecule has 0 saturated carbocycles. The van der Waals surface area contributed by atoms with Crippen LogP contribution in [-0.4, -0.2) is 30.6 Å². The van der Waals surface area contributed by atoms with Crippen LogP contribution >= 0.6 is 7.26 Å². The van der Waals surface area contributed by atoms with Gasteiger partial charge in [-0.1, -0.05) is 0 Å². The molecule has 1 aromatic carbocycles. The number of anilines is 1. The van der Waals surface area contributed by atoms with Crippen LogP contribution in [0.25, 0.3) is 0 Å². The second-order valence-corrected chi connectivity index (χ2v) is 12.1. The predicted molar refractivity (Wildman–Crippen MR) is 96.4 cm³/mol. The molecule has 2 rings (SSSR count). The van der Waals surface area contributed by atoms with Crippen molar-refractivity contribution >= 4 is 18.9 Å². The zero-order chi connectivity index (χ0) is 16.3. The van der Waals surface area contributed by atoms with Gasteiger partial charge in [0.15, 0.2) is 0 Å². The molecule has 1 fully saturated rings. The summed E-state index contributed by atoms with van der Waals surface area (Å²) in [6, 6.07) is 2.98. The van der Waals surface area contributed by atoms with Gasteiger partial charge in [0.2, 0.25) is 0 Å². The van der Waals surface area contributed by atoms with E-state index < -0.39 is 7.26 Å². The first-order valence-corrected chi connectivity index (χ1v) is 11.4. The van der Waals surface area contributed by atoms with Crippen LogP contribution in [0.3, 0.4) is 0 Å². The van der Waals surface area contributed by atoms with Gasteiger partial charge in [-0.2, -0.15) is 0 Å². The monoisotopic (exact) mass is 325 g/mol. The van der Waals surface area contributed by atoms with Crippen molar-refractivity contribution in [2.75, 3.05) is 24.3 Å². The van der Waals surface area contributed by atoms with E-state index in [2.05, 4.69) is 18.9 Å². The van der Waals surface area contributed by atoms with E-state index in [9.17, 15) is 9.18 Å². The van der Waals surface area contributed by atoms with Gasteiger partial charge in [0.25, 0.3) is 0 Å². The van der Waals surface area contributed by atoms with Gasteiger partial charge in [-0.05, 0) is 0 Å². The SMILES string of the molecule is CCC(C(=O)Nc1c(C)cc(F)cc1C)[PH]1(C)CCCCC1. The van der Waals surface area contributed by atoms with Crippen LogP contribution < -0.4 is 5.32 Å². The summed E-state index contributed by atoms with van der Waals surface area (Å²) in [5.41, 5.74) is 2.56. The zero-order valence-corrected chi connectivity index (χ0v) is 15.3. The summed E-state index contributed by atoms with van der Waals surface area (Å²) in [5.74, 6) is -0.0926. The fourth-order valence-electron chi connectivity index (χ4n) is 4.02. The van der Waals surface area contributed by atoms with E-state index >= 15 is 0 Å². The summed E-state index contributed by atoms with van der Waals surface area (Å²) >= 11 is 0. The first-order valence-electron chi connectivity index (χ1n) is 8.45. The Morgan fingerprint density at radius 2 is 1.77 bits per heavy atom. The molecule has 1 heterocycles. The molecule has 0 bridgehead atoms. The van der Waals surface area contributed by atoms with E-state index in [4.69, 9.17) is 0 Å². The summed E-state index contributed by atoms with van der Waals surface area (Å²) in [5, 5.41) is 3.11. The van der Waals surface area contributed by atoms with E-state index in [0.717, 1.165) is 23.2 Å². The third kappa shape index (κ3) is 3.68. The summed E-state index contributed by atoms with van der Waals surface area (Å²) in [6.07, 6.45) is 7.31. The average Bonchev–Trinajstić information content (AvgIpc) is 2.44. The third-order valence-electron chi connectivity index (χ3n) is 5.31. The Labute approximate surface area is 134 Å². The Balaban J connectivity index is 2.20. The number of benzene rings is 1. The fraction of sp³-hybridized carbons (Fsp3) is 0.611. The minimum atomic E-state index is -1.51. The second-order valence-electron chi connectivity index (χ2n) is 7.08. The molecule has 0 radical (unpaired) electrons. The molecular weight excluding hydrogens is 296 g/mol. The van der Waals surface area contributed by atoms with Gasteiger partial charge in [0.05, 0.1) is 0 Å². The molecule has 1 aromatic rings. The van der Waals surface area contributed by atoms with Crippen molar-refractivity contribution in [1.29, 1.82) is 0 Å². The van der Waals surface area contributed by atoms with Gasteiger partial charge in [-0.25, -0.2) is 0 Å². The van der Waals surface area contributed by atoms with Gasteiger partial charge in [-0.3, -0.25) is 0 Å². The molecule has 1 saturated heterocycles. The Morgan fingerprint density at radius 1 is 1.23 bits per heavy atom. The topological polar surface area (TPSA) is 29.1 Å². The molecule has 1 N–H and O–H groups in total.